The Labute approximate surface area is 112 Å². The molecule has 96 valence electrons. The van der Waals surface area contributed by atoms with E-state index < -0.39 is 0 Å². The first-order valence-corrected chi connectivity index (χ1v) is 7.02. The summed E-state index contributed by atoms with van der Waals surface area (Å²) in [4.78, 5) is 15.9. The van der Waals surface area contributed by atoms with Gasteiger partial charge in [0.05, 0.1) is 5.56 Å². The Morgan fingerprint density at radius 2 is 2.06 bits per heavy atom. The third-order valence-electron chi connectivity index (χ3n) is 3.96. The molecule has 1 heterocycles. The Balaban J connectivity index is 1.59. The van der Waals surface area contributed by atoms with E-state index in [-0.39, 0.29) is 11.1 Å². The first-order chi connectivity index (χ1) is 8.75. The lowest BCUT2D eigenvalue weighted by Crippen LogP contribution is -2.31. The molecule has 2 aliphatic rings. The predicted molar refractivity (Wildman–Crippen MR) is 70.5 cm³/mol. The zero-order valence-electron chi connectivity index (χ0n) is 10.2. The largest absolute Gasteiger partial charge is 0.352 e. The van der Waals surface area contributed by atoms with Crippen LogP contribution in [0.1, 0.15) is 36.0 Å². The molecule has 3 nitrogen and oxygen atoms in total. The average Bonchev–Trinajstić information content (AvgIpc) is 3.24. The SMILES string of the molecule is O=C(NCC(C1CC1)C1CC1)c1cccnc1Cl. The molecule has 2 aliphatic carbocycles. The van der Waals surface area contributed by atoms with E-state index in [1.807, 2.05) is 0 Å². The van der Waals surface area contributed by atoms with Gasteiger partial charge >= 0.3 is 0 Å². The van der Waals surface area contributed by atoms with Crippen LogP contribution in [0.15, 0.2) is 18.3 Å². The maximum Gasteiger partial charge on any atom is 0.254 e. The summed E-state index contributed by atoms with van der Waals surface area (Å²) in [5.41, 5.74) is 0.476. The van der Waals surface area contributed by atoms with E-state index in [9.17, 15) is 4.79 Å². The minimum atomic E-state index is -0.0978. The fraction of sp³-hybridized carbons (Fsp3) is 0.571. The van der Waals surface area contributed by atoms with Crippen LogP contribution in [0, 0.1) is 17.8 Å². The van der Waals surface area contributed by atoms with E-state index in [0.717, 1.165) is 18.4 Å². The molecular weight excluding hydrogens is 248 g/mol. The standard InChI is InChI=1S/C14H17ClN2O/c15-13-11(2-1-7-16-13)14(18)17-8-12(9-3-4-9)10-5-6-10/h1-2,7,9-10,12H,3-6,8H2,(H,17,18). The number of carbonyl (C=O) groups excluding carboxylic acids is 1. The second kappa shape index (κ2) is 4.88. The fourth-order valence-electron chi connectivity index (χ4n) is 2.63. The van der Waals surface area contributed by atoms with Crippen molar-refractivity contribution in [1.82, 2.24) is 10.3 Å². The summed E-state index contributed by atoms with van der Waals surface area (Å²) in [7, 11) is 0. The van der Waals surface area contributed by atoms with Crippen molar-refractivity contribution < 1.29 is 4.79 Å². The van der Waals surface area contributed by atoms with E-state index in [0.29, 0.717) is 11.5 Å². The van der Waals surface area contributed by atoms with E-state index >= 15 is 0 Å². The molecule has 0 aliphatic heterocycles. The van der Waals surface area contributed by atoms with Crippen molar-refractivity contribution in [3.05, 3.63) is 29.0 Å². The van der Waals surface area contributed by atoms with Gasteiger partial charge in [-0.2, -0.15) is 0 Å². The molecule has 0 radical (unpaired) electrons. The van der Waals surface area contributed by atoms with E-state index in [2.05, 4.69) is 10.3 Å². The zero-order chi connectivity index (χ0) is 12.5. The summed E-state index contributed by atoms with van der Waals surface area (Å²) in [5.74, 6) is 2.29. The van der Waals surface area contributed by atoms with Crippen molar-refractivity contribution in [2.45, 2.75) is 25.7 Å². The lowest BCUT2D eigenvalue weighted by molar-refractivity contribution is 0.0943. The van der Waals surface area contributed by atoms with Crippen LogP contribution in [0.25, 0.3) is 0 Å². The third-order valence-corrected chi connectivity index (χ3v) is 4.26. The summed E-state index contributed by atoms with van der Waals surface area (Å²) >= 11 is 5.91. The van der Waals surface area contributed by atoms with E-state index in [1.54, 1.807) is 18.3 Å². The van der Waals surface area contributed by atoms with Gasteiger partial charge in [0.15, 0.2) is 0 Å². The quantitative estimate of drug-likeness (QED) is 0.831. The number of pyridine rings is 1. The maximum atomic E-state index is 12.0. The summed E-state index contributed by atoms with van der Waals surface area (Å²) in [6.07, 6.45) is 6.95. The van der Waals surface area contributed by atoms with Crippen LogP contribution in [-0.2, 0) is 0 Å². The Bertz CT molecular complexity index is 443. The molecule has 0 saturated heterocycles. The normalized spacial score (nSPS) is 19.0. The van der Waals surface area contributed by atoms with Crippen molar-refractivity contribution in [2.24, 2.45) is 17.8 Å². The highest BCUT2D eigenvalue weighted by Gasteiger charge is 2.41. The Hall–Kier alpha value is -1.09. The fourth-order valence-corrected chi connectivity index (χ4v) is 2.83. The molecule has 0 atom stereocenters. The predicted octanol–water partition coefficient (Wildman–Crippen LogP) is 2.90. The van der Waals surface area contributed by atoms with Crippen molar-refractivity contribution in [2.75, 3.05) is 6.54 Å². The molecule has 0 bridgehead atoms. The number of aromatic nitrogens is 1. The molecule has 1 aromatic heterocycles. The zero-order valence-corrected chi connectivity index (χ0v) is 11.0. The van der Waals surface area contributed by atoms with Crippen molar-refractivity contribution in [1.29, 1.82) is 0 Å². The number of rotatable bonds is 5. The minimum Gasteiger partial charge on any atom is -0.352 e. The van der Waals surface area contributed by atoms with Crippen LogP contribution in [0.2, 0.25) is 5.15 Å². The summed E-state index contributed by atoms with van der Waals surface area (Å²) < 4.78 is 0. The molecule has 2 fully saturated rings. The smallest absolute Gasteiger partial charge is 0.254 e. The monoisotopic (exact) mass is 264 g/mol. The highest BCUT2D eigenvalue weighted by atomic mass is 35.5. The number of amides is 1. The molecule has 1 amide bonds. The molecule has 4 heteroatoms. The number of carbonyl (C=O) groups is 1. The molecule has 0 unspecified atom stereocenters. The number of hydrogen-bond acceptors (Lipinski definition) is 2. The van der Waals surface area contributed by atoms with E-state index in [4.69, 9.17) is 11.6 Å². The highest BCUT2D eigenvalue weighted by Crippen LogP contribution is 2.48. The molecular formula is C14H17ClN2O. The van der Waals surface area contributed by atoms with Crippen LogP contribution < -0.4 is 5.32 Å². The summed E-state index contributed by atoms with van der Waals surface area (Å²) in [5, 5.41) is 3.30. The van der Waals surface area contributed by atoms with Crippen molar-refractivity contribution in [3.63, 3.8) is 0 Å². The van der Waals surface area contributed by atoms with Gasteiger partial charge in [-0.1, -0.05) is 11.6 Å². The lowest BCUT2D eigenvalue weighted by Gasteiger charge is -2.16. The van der Waals surface area contributed by atoms with Crippen LogP contribution in [-0.4, -0.2) is 17.4 Å². The van der Waals surface area contributed by atoms with Gasteiger partial charge in [-0.15, -0.1) is 0 Å². The molecule has 3 rings (SSSR count). The van der Waals surface area contributed by atoms with Crippen molar-refractivity contribution in [3.8, 4) is 0 Å². The minimum absolute atomic E-state index is 0.0978. The van der Waals surface area contributed by atoms with Gasteiger partial charge < -0.3 is 5.32 Å². The molecule has 0 aromatic carbocycles. The second-order valence-electron chi connectivity index (χ2n) is 5.39. The van der Waals surface area contributed by atoms with Crippen LogP contribution in [0.3, 0.4) is 0 Å². The number of halogens is 1. The number of nitrogens with zero attached hydrogens (tertiary/aromatic N) is 1. The molecule has 0 spiro atoms. The summed E-state index contributed by atoms with van der Waals surface area (Å²) in [6.45, 7) is 0.791. The first kappa shape index (κ1) is 12.0. The van der Waals surface area contributed by atoms with Gasteiger partial charge in [0.2, 0.25) is 0 Å². The highest BCUT2D eigenvalue weighted by molar-refractivity contribution is 6.32. The van der Waals surface area contributed by atoms with Gasteiger partial charge in [0.25, 0.3) is 5.91 Å². The molecule has 2 saturated carbocycles. The third kappa shape index (κ3) is 2.66. The van der Waals surface area contributed by atoms with Crippen LogP contribution >= 0.6 is 11.6 Å². The molecule has 1 aromatic rings. The molecule has 1 N–H and O–H groups in total. The Morgan fingerprint density at radius 3 is 2.61 bits per heavy atom. The number of hydrogen-bond donors (Lipinski definition) is 1. The van der Waals surface area contributed by atoms with E-state index in [1.165, 1.54) is 25.7 Å². The van der Waals surface area contributed by atoms with Crippen LogP contribution in [0.4, 0.5) is 0 Å². The summed E-state index contributed by atoms with van der Waals surface area (Å²) in [6, 6.07) is 3.45. The van der Waals surface area contributed by atoms with Gasteiger partial charge in [-0.25, -0.2) is 4.98 Å². The second-order valence-corrected chi connectivity index (χ2v) is 5.75. The van der Waals surface area contributed by atoms with Crippen molar-refractivity contribution >= 4 is 17.5 Å². The average molecular weight is 265 g/mol. The lowest BCUT2D eigenvalue weighted by atomic mass is 9.98. The molecule has 18 heavy (non-hydrogen) atoms. The first-order valence-electron chi connectivity index (χ1n) is 6.64. The maximum absolute atomic E-state index is 12.0. The Morgan fingerprint density at radius 1 is 1.39 bits per heavy atom. The number of nitrogens with one attached hydrogen (secondary N) is 1. The Kier molecular flexibility index (Phi) is 3.25. The van der Waals surface area contributed by atoms with Gasteiger partial charge in [-0.3, -0.25) is 4.79 Å². The van der Waals surface area contributed by atoms with Gasteiger partial charge in [0.1, 0.15) is 5.15 Å². The van der Waals surface area contributed by atoms with Gasteiger partial charge in [0, 0.05) is 12.7 Å². The van der Waals surface area contributed by atoms with Gasteiger partial charge in [-0.05, 0) is 55.6 Å². The topological polar surface area (TPSA) is 42.0 Å². The van der Waals surface area contributed by atoms with Crippen LogP contribution in [0.5, 0.6) is 0 Å².